The molecule has 0 aliphatic heterocycles. The maximum absolute atomic E-state index is 10.4. The zero-order chi connectivity index (χ0) is 17.1. The Labute approximate surface area is 141 Å². The van der Waals surface area contributed by atoms with Crippen LogP contribution in [0.15, 0.2) is 48.5 Å². The van der Waals surface area contributed by atoms with E-state index < -0.39 is 6.10 Å². The molecule has 0 aliphatic rings. The van der Waals surface area contributed by atoms with Gasteiger partial charge in [0.2, 0.25) is 0 Å². The minimum absolute atomic E-state index is 0.584. The van der Waals surface area contributed by atoms with E-state index in [4.69, 9.17) is 4.74 Å². The molecule has 0 heterocycles. The largest absolute Gasteiger partial charge is 0.494 e. The van der Waals surface area contributed by atoms with Crippen LogP contribution in [-0.2, 0) is 0 Å². The summed E-state index contributed by atoms with van der Waals surface area (Å²) in [5.74, 6) is 0.867. The Morgan fingerprint density at radius 2 is 1.39 bits per heavy atom. The smallest absolute Gasteiger partial charge is 0.119 e. The second-order valence-corrected chi connectivity index (χ2v) is 5.44. The van der Waals surface area contributed by atoms with Gasteiger partial charge in [-0.3, -0.25) is 0 Å². The Hall–Kier alpha value is -1.80. The SMILES string of the molecule is CC.CCCCCOc1ccc(C(O)c2ccc(C)cc2)cc1. The highest BCUT2D eigenvalue weighted by molar-refractivity contribution is 5.34. The molecular weight excluding hydrogens is 284 g/mol. The van der Waals surface area contributed by atoms with Crippen LogP contribution in [-0.4, -0.2) is 11.7 Å². The van der Waals surface area contributed by atoms with Crippen LogP contribution in [0.25, 0.3) is 0 Å². The predicted octanol–water partition coefficient (Wildman–Crippen LogP) is 5.67. The van der Waals surface area contributed by atoms with Crippen molar-refractivity contribution in [3.05, 3.63) is 65.2 Å². The van der Waals surface area contributed by atoms with Gasteiger partial charge in [0.25, 0.3) is 0 Å². The number of hydrogen-bond donors (Lipinski definition) is 1. The van der Waals surface area contributed by atoms with Gasteiger partial charge >= 0.3 is 0 Å². The Bertz CT molecular complexity index is 529. The lowest BCUT2D eigenvalue weighted by Crippen LogP contribution is -2.00. The van der Waals surface area contributed by atoms with Crippen LogP contribution in [0.1, 0.15) is 62.8 Å². The second kappa shape index (κ2) is 10.8. The molecule has 2 heteroatoms. The van der Waals surface area contributed by atoms with Gasteiger partial charge in [0.1, 0.15) is 11.9 Å². The molecule has 0 saturated heterocycles. The standard InChI is InChI=1S/C19H24O2.C2H6/c1-3-4-5-14-21-18-12-10-17(11-13-18)19(20)16-8-6-15(2)7-9-16;1-2/h6-13,19-20H,3-5,14H2,1-2H3;1-2H3. The third-order valence-electron chi connectivity index (χ3n) is 3.61. The van der Waals surface area contributed by atoms with Gasteiger partial charge in [-0.25, -0.2) is 0 Å². The first-order valence-electron chi connectivity index (χ1n) is 8.68. The highest BCUT2D eigenvalue weighted by Gasteiger charge is 2.10. The summed E-state index contributed by atoms with van der Waals surface area (Å²) in [5.41, 5.74) is 3.00. The summed E-state index contributed by atoms with van der Waals surface area (Å²) in [4.78, 5) is 0. The van der Waals surface area contributed by atoms with Crippen LogP contribution >= 0.6 is 0 Å². The van der Waals surface area contributed by atoms with E-state index >= 15 is 0 Å². The molecule has 23 heavy (non-hydrogen) atoms. The Morgan fingerprint density at radius 1 is 0.870 bits per heavy atom. The lowest BCUT2D eigenvalue weighted by atomic mass is 10.0. The van der Waals surface area contributed by atoms with Gasteiger partial charge < -0.3 is 9.84 Å². The molecule has 0 aromatic heterocycles. The van der Waals surface area contributed by atoms with Gasteiger partial charge in [0, 0.05) is 0 Å². The number of hydrogen-bond acceptors (Lipinski definition) is 2. The maximum Gasteiger partial charge on any atom is 0.119 e. The van der Waals surface area contributed by atoms with E-state index in [9.17, 15) is 5.11 Å². The lowest BCUT2D eigenvalue weighted by Gasteiger charge is -2.13. The van der Waals surface area contributed by atoms with Crippen LogP contribution in [0.5, 0.6) is 5.75 Å². The fourth-order valence-electron chi connectivity index (χ4n) is 2.23. The Morgan fingerprint density at radius 3 is 1.91 bits per heavy atom. The lowest BCUT2D eigenvalue weighted by molar-refractivity contribution is 0.220. The predicted molar refractivity (Wildman–Crippen MR) is 98.1 cm³/mol. The molecule has 1 unspecified atom stereocenters. The van der Waals surface area contributed by atoms with Gasteiger partial charge in [0.05, 0.1) is 6.61 Å². The average molecular weight is 314 g/mol. The van der Waals surface area contributed by atoms with Crippen molar-refractivity contribution in [2.24, 2.45) is 0 Å². The zero-order valence-corrected chi connectivity index (χ0v) is 14.9. The molecule has 1 atom stereocenters. The maximum atomic E-state index is 10.4. The van der Waals surface area contributed by atoms with E-state index in [-0.39, 0.29) is 0 Å². The fourth-order valence-corrected chi connectivity index (χ4v) is 2.23. The van der Waals surface area contributed by atoms with Gasteiger partial charge in [0.15, 0.2) is 0 Å². The number of aliphatic hydroxyl groups is 1. The number of unbranched alkanes of at least 4 members (excludes halogenated alkanes) is 2. The quantitative estimate of drug-likeness (QED) is 0.667. The van der Waals surface area contributed by atoms with E-state index in [1.54, 1.807) is 0 Å². The first kappa shape index (κ1) is 19.2. The molecule has 0 spiro atoms. The fraction of sp³-hybridized carbons (Fsp3) is 0.429. The molecule has 2 aromatic rings. The first-order valence-corrected chi connectivity index (χ1v) is 8.68. The molecule has 2 rings (SSSR count). The highest BCUT2D eigenvalue weighted by atomic mass is 16.5. The molecule has 0 saturated carbocycles. The van der Waals surface area contributed by atoms with Crippen molar-refractivity contribution >= 4 is 0 Å². The molecule has 0 radical (unpaired) electrons. The van der Waals surface area contributed by atoms with Gasteiger partial charge in [-0.1, -0.05) is 75.6 Å². The van der Waals surface area contributed by atoms with Gasteiger partial charge in [-0.15, -0.1) is 0 Å². The van der Waals surface area contributed by atoms with Crippen molar-refractivity contribution < 1.29 is 9.84 Å². The van der Waals surface area contributed by atoms with E-state index in [2.05, 4.69) is 6.92 Å². The van der Waals surface area contributed by atoms with Crippen molar-refractivity contribution in [2.75, 3.05) is 6.61 Å². The summed E-state index contributed by atoms with van der Waals surface area (Å²) in [7, 11) is 0. The minimum Gasteiger partial charge on any atom is -0.494 e. The number of aryl methyl sites for hydroxylation is 1. The van der Waals surface area contributed by atoms with Crippen LogP contribution in [0.2, 0.25) is 0 Å². The van der Waals surface area contributed by atoms with Crippen molar-refractivity contribution in [3.8, 4) is 5.75 Å². The van der Waals surface area contributed by atoms with E-state index in [0.717, 1.165) is 29.9 Å². The molecule has 126 valence electrons. The van der Waals surface area contributed by atoms with Crippen molar-refractivity contribution in [3.63, 3.8) is 0 Å². The molecular formula is C21H30O2. The summed E-state index contributed by atoms with van der Waals surface area (Å²) in [6, 6.07) is 15.7. The van der Waals surface area contributed by atoms with Crippen molar-refractivity contribution in [1.29, 1.82) is 0 Å². The topological polar surface area (TPSA) is 29.5 Å². The molecule has 2 nitrogen and oxygen atoms in total. The Kier molecular flexibility index (Phi) is 9.08. The van der Waals surface area contributed by atoms with E-state index in [1.807, 2.05) is 69.3 Å². The molecule has 1 N–H and O–H groups in total. The van der Waals surface area contributed by atoms with Crippen LogP contribution in [0, 0.1) is 6.92 Å². The highest BCUT2D eigenvalue weighted by Crippen LogP contribution is 2.24. The summed E-state index contributed by atoms with van der Waals surface area (Å²) in [6.45, 7) is 8.98. The third-order valence-corrected chi connectivity index (χ3v) is 3.61. The summed E-state index contributed by atoms with van der Waals surface area (Å²) < 4.78 is 5.68. The summed E-state index contributed by atoms with van der Waals surface area (Å²) >= 11 is 0. The van der Waals surface area contributed by atoms with Gasteiger partial charge in [-0.2, -0.15) is 0 Å². The van der Waals surface area contributed by atoms with Crippen LogP contribution in [0.4, 0.5) is 0 Å². The monoisotopic (exact) mass is 314 g/mol. The van der Waals surface area contributed by atoms with Crippen molar-refractivity contribution in [1.82, 2.24) is 0 Å². The number of benzene rings is 2. The molecule has 0 aliphatic carbocycles. The number of aliphatic hydroxyl groups excluding tert-OH is 1. The van der Waals surface area contributed by atoms with Crippen LogP contribution in [0.3, 0.4) is 0 Å². The molecule has 0 bridgehead atoms. The molecule has 2 aromatic carbocycles. The van der Waals surface area contributed by atoms with E-state index in [0.29, 0.717) is 0 Å². The summed E-state index contributed by atoms with van der Waals surface area (Å²) in [5, 5.41) is 10.4. The molecule has 0 fully saturated rings. The first-order chi connectivity index (χ1) is 11.2. The Balaban J connectivity index is 0.00000127. The number of ether oxygens (including phenoxy) is 1. The summed E-state index contributed by atoms with van der Waals surface area (Å²) in [6.07, 6.45) is 2.90. The van der Waals surface area contributed by atoms with Gasteiger partial charge in [-0.05, 0) is 36.6 Å². The van der Waals surface area contributed by atoms with Crippen molar-refractivity contribution in [2.45, 2.75) is 53.1 Å². The minimum atomic E-state index is -0.584. The number of rotatable bonds is 7. The third kappa shape index (κ3) is 6.45. The van der Waals surface area contributed by atoms with Crippen LogP contribution < -0.4 is 4.74 Å². The second-order valence-electron chi connectivity index (χ2n) is 5.44. The normalized spacial score (nSPS) is 11.3. The average Bonchev–Trinajstić information content (AvgIpc) is 2.61. The molecule has 0 amide bonds. The van der Waals surface area contributed by atoms with E-state index in [1.165, 1.54) is 18.4 Å². The zero-order valence-electron chi connectivity index (χ0n) is 14.9.